The summed E-state index contributed by atoms with van der Waals surface area (Å²) in [7, 11) is 1.66. The number of nitrogens with one attached hydrogen (secondary N) is 1. The first-order chi connectivity index (χ1) is 12.2. The van der Waals surface area contributed by atoms with Crippen LogP contribution in [0.5, 0.6) is 5.75 Å². The number of hydrogen-bond acceptors (Lipinski definition) is 3. The van der Waals surface area contributed by atoms with E-state index in [2.05, 4.69) is 34.5 Å². The van der Waals surface area contributed by atoms with Gasteiger partial charge in [0.05, 0.1) is 7.11 Å². The Morgan fingerprint density at radius 1 is 1.12 bits per heavy atom. The van der Waals surface area contributed by atoms with Crippen LogP contribution in [0.15, 0.2) is 54.6 Å². The Bertz CT molecular complexity index is 679. The molecule has 1 N–H and O–H groups in total. The molecule has 4 heteroatoms. The quantitative estimate of drug-likeness (QED) is 0.877. The molecule has 0 radical (unpaired) electrons. The highest BCUT2D eigenvalue weighted by atomic mass is 16.5. The molecule has 1 fully saturated rings. The van der Waals surface area contributed by atoms with Crippen molar-refractivity contribution in [2.45, 2.75) is 31.7 Å². The molecule has 0 saturated carbocycles. The second kappa shape index (κ2) is 8.56. The number of aryl methyl sites for hydroxylation is 1. The number of para-hydroxylation sites is 1. The Hall–Kier alpha value is -2.49. The molecular weight excluding hydrogens is 312 g/mol. The Labute approximate surface area is 149 Å². The lowest BCUT2D eigenvalue weighted by atomic mass is 10.0. The number of piperidine rings is 1. The van der Waals surface area contributed by atoms with Crippen molar-refractivity contribution < 1.29 is 9.53 Å². The average molecular weight is 338 g/mol. The van der Waals surface area contributed by atoms with E-state index < -0.39 is 0 Å². The molecule has 0 aliphatic carbocycles. The third-order valence-electron chi connectivity index (χ3n) is 4.76. The summed E-state index contributed by atoms with van der Waals surface area (Å²) in [6.07, 6.45) is 3.26. The molecule has 2 aromatic rings. The molecule has 4 nitrogen and oxygen atoms in total. The first kappa shape index (κ1) is 17.3. The maximum atomic E-state index is 12.2. The summed E-state index contributed by atoms with van der Waals surface area (Å²) in [4.78, 5) is 14.6. The molecule has 0 aromatic heterocycles. The molecule has 1 aliphatic heterocycles. The second-order valence-electron chi connectivity index (χ2n) is 6.52. The lowest BCUT2D eigenvalue weighted by Gasteiger charge is -2.34. The van der Waals surface area contributed by atoms with Gasteiger partial charge in [0.2, 0.25) is 5.91 Å². The van der Waals surface area contributed by atoms with Crippen LogP contribution in [-0.2, 0) is 11.2 Å². The number of amides is 1. The van der Waals surface area contributed by atoms with Crippen molar-refractivity contribution >= 4 is 11.6 Å². The molecule has 132 valence electrons. The minimum Gasteiger partial charge on any atom is -0.497 e. The summed E-state index contributed by atoms with van der Waals surface area (Å²) < 4.78 is 5.22. The summed E-state index contributed by atoms with van der Waals surface area (Å²) in [6.45, 7) is 1.98. The lowest BCUT2D eigenvalue weighted by molar-refractivity contribution is -0.121. The van der Waals surface area contributed by atoms with E-state index in [9.17, 15) is 4.79 Å². The predicted molar refractivity (Wildman–Crippen MR) is 101 cm³/mol. The van der Waals surface area contributed by atoms with Crippen LogP contribution in [0.2, 0.25) is 0 Å². The summed E-state index contributed by atoms with van der Waals surface area (Å²) in [5.41, 5.74) is 2.40. The standard InChI is InChI=1S/C21H26N2O2/c1-25-20-9-5-6-17(16-20)10-11-21(24)22-18-12-14-23(15-13-18)19-7-3-2-4-8-19/h2-9,16,18H,10-15H2,1H3,(H,22,24). The van der Waals surface area contributed by atoms with E-state index in [4.69, 9.17) is 4.74 Å². The Kier molecular flexibility index (Phi) is 5.94. The van der Waals surface area contributed by atoms with Crippen LogP contribution in [0.1, 0.15) is 24.8 Å². The van der Waals surface area contributed by atoms with Gasteiger partial charge in [-0.2, -0.15) is 0 Å². The summed E-state index contributed by atoms with van der Waals surface area (Å²) in [6, 6.07) is 18.7. The van der Waals surface area contributed by atoms with Crippen LogP contribution in [0.25, 0.3) is 0 Å². The molecule has 0 atom stereocenters. The minimum absolute atomic E-state index is 0.140. The van der Waals surface area contributed by atoms with E-state index in [0.717, 1.165) is 43.7 Å². The Balaban J connectivity index is 1.42. The van der Waals surface area contributed by atoms with Crippen molar-refractivity contribution in [1.29, 1.82) is 0 Å². The molecular formula is C21H26N2O2. The number of benzene rings is 2. The number of ether oxygens (including phenoxy) is 1. The zero-order valence-corrected chi connectivity index (χ0v) is 14.8. The van der Waals surface area contributed by atoms with E-state index in [1.165, 1.54) is 5.69 Å². The van der Waals surface area contributed by atoms with E-state index >= 15 is 0 Å². The van der Waals surface area contributed by atoms with Crippen molar-refractivity contribution in [2.75, 3.05) is 25.1 Å². The van der Waals surface area contributed by atoms with Gasteiger partial charge in [0.25, 0.3) is 0 Å². The molecule has 0 bridgehead atoms. The Morgan fingerprint density at radius 2 is 1.88 bits per heavy atom. The normalized spacial score (nSPS) is 15.0. The number of methoxy groups -OCH3 is 1. The largest absolute Gasteiger partial charge is 0.497 e. The van der Waals surface area contributed by atoms with Gasteiger partial charge in [-0.3, -0.25) is 4.79 Å². The molecule has 1 amide bonds. The third kappa shape index (κ3) is 4.99. The molecule has 3 rings (SSSR count). The number of rotatable bonds is 6. The maximum Gasteiger partial charge on any atom is 0.220 e. The van der Waals surface area contributed by atoms with Crippen LogP contribution < -0.4 is 15.0 Å². The SMILES string of the molecule is COc1cccc(CCC(=O)NC2CCN(c3ccccc3)CC2)c1. The van der Waals surface area contributed by atoms with Crippen LogP contribution >= 0.6 is 0 Å². The topological polar surface area (TPSA) is 41.6 Å². The average Bonchev–Trinajstić information content (AvgIpc) is 2.68. The first-order valence-electron chi connectivity index (χ1n) is 8.97. The third-order valence-corrected chi connectivity index (χ3v) is 4.76. The van der Waals surface area contributed by atoms with Crippen molar-refractivity contribution in [2.24, 2.45) is 0 Å². The zero-order valence-electron chi connectivity index (χ0n) is 14.8. The highest BCUT2D eigenvalue weighted by Gasteiger charge is 2.20. The number of hydrogen-bond donors (Lipinski definition) is 1. The zero-order chi connectivity index (χ0) is 17.5. The molecule has 1 saturated heterocycles. The lowest BCUT2D eigenvalue weighted by Crippen LogP contribution is -2.44. The van der Waals surface area contributed by atoms with Gasteiger partial charge in [-0.1, -0.05) is 30.3 Å². The van der Waals surface area contributed by atoms with E-state index in [0.29, 0.717) is 6.42 Å². The van der Waals surface area contributed by atoms with Crippen LogP contribution in [0.4, 0.5) is 5.69 Å². The number of anilines is 1. The highest BCUT2D eigenvalue weighted by molar-refractivity contribution is 5.76. The summed E-state index contributed by atoms with van der Waals surface area (Å²) in [5, 5.41) is 3.19. The van der Waals surface area contributed by atoms with Gasteiger partial charge in [-0.25, -0.2) is 0 Å². The smallest absolute Gasteiger partial charge is 0.220 e. The van der Waals surface area contributed by atoms with Gasteiger partial charge in [-0.15, -0.1) is 0 Å². The van der Waals surface area contributed by atoms with Gasteiger partial charge in [0.1, 0.15) is 5.75 Å². The fraction of sp³-hybridized carbons (Fsp3) is 0.381. The van der Waals surface area contributed by atoms with Crippen molar-refractivity contribution in [3.63, 3.8) is 0 Å². The molecule has 1 heterocycles. The van der Waals surface area contributed by atoms with Crippen LogP contribution in [0.3, 0.4) is 0 Å². The maximum absolute atomic E-state index is 12.2. The first-order valence-corrected chi connectivity index (χ1v) is 8.97. The van der Waals surface area contributed by atoms with Gasteiger partial charge >= 0.3 is 0 Å². The summed E-state index contributed by atoms with van der Waals surface area (Å²) >= 11 is 0. The molecule has 0 spiro atoms. The Morgan fingerprint density at radius 3 is 2.60 bits per heavy atom. The van der Waals surface area contributed by atoms with E-state index in [-0.39, 0.29) is 11.9 Å². The van der Waals surface area contributed by atoms with Crippen LogP contribution in [0, 0.1) is 0 Å². The van der Waals surface area contributed by atoms with Crippen molar-refractivity contribution in [3.8, 4) is 5.75 Å². The van der Waals surface area contributed by atoms with Gasteiger partial charge in [0.15, 0.2) is 0 Å². The van der Waals surface area contributed by atoms with Gasteiger partial charge in [0, 0.05) is 31.2 Å². The molecule has 2 aromatic carbocycles. The van der Waals surface area contributed by atoms with Crippen LogP contribution in [-0.4, -0.2) is 32.1 Å². The number of carbonyl (C=O) groups excluding carboxylic acids is 1. The highest BCUT2D eigenvalue weighted by Crippen LogP contribution is 2.19. The number of nitrogens with zero attached hydrogens (tertiary/aromatic N) is 1. The summed E-state index contributed by atoms with van der Waals surface area (Å²) in [5.74, 6) is 0.979. The van der Waals surface area contributed by atoms with E-state index in [1.54, 1.807) is 7.11 Å². The molecule has 1 aliphatic rings. The molecule has 0 unspecified atom stereocenters. The monoisotopic (exact) mass is 338 g/mol. The second-order valence-corrected chi connectivity index (χ2v) is 6.52. The minimum atomic E-state index is 0.140. The van der Waals surface area contributed by atoms with Crippen molar-refractivity contribution in [3.05, 3.63) is 60.2 Å². The van der Waals surface area contributed by atoms with Gasteiger partial charge < -0.3 is 15.0 Å². The fourth-order valence-electron chi connectivity index (χ4n) is 3.31. The predicted octanol–water partition coefficient (Wildman–Crippen LogP) is 3.41. The fourth-order valence-corrected chi connectivity index (χ4v) is 3.31. The number of carbonyl (C=O) groups is 1. The van der Waals surface area contributed by atoms with E-state index in [1.807, 2.05) is 30.3 Å². The van der Waals surface area contributed by atoms with Crippen molar-refractivity contribution in [1.82, 2.24) is 5.32 Å². The molecule has 25 heavy (non-hydrogen) atoms. The van der Waals surface area contributed by atoms with Gasteiger partial charge in [-0.05, 0) is 49.1 Å².